The van der Waals surface area contributed by atoms with Gasteiger partial charge in [-0.3, -0.25) is 0 Å². The van der Waals surface area contributed by atoms with Gasteiger partial charge in [-0.1, -0.05) is 0 Å². The van der Waals surface area contributed by atoms with Crippen molar-refractivity contribution in [2.75, 3.05) is 19.4 Å². The van der Waals surface area contributed by atoms with Crippen molar-refractivity contribution in [1.29, 1.82) is 0 Å². The van der Waals surface area contributed by atoms with Gasteiger partial charge in [0, 0.05) is 18.5 Å². The van der Waals surface area contributed by atoms with Gasteiger partial charge < -0.3 is 15.4 Å². The van der Waals surface area contributed by atoms with Crippen LogP contribution in [0.4, 0.5) is 10.6 Å². The molecule has 16 heavy (non-hydrogen) atoms. The number of nitrogens with two attached hydrogens (primary N) is 1. The zero-order valence-corrected chi connectivity index (χ0v) is 9.36. The molecule has 1 aromatic rings. The van der Waals surface area contributed by atoms with Gasteiger partial charge in [0.2, 0.25) is 0 Å². The molecule has 0 saturated carbocycles. The predicted molar refractivity (Wildman–Crippen MR) is 57.7 cm³/mol. The number of carbonyl (C=O) groups is 1. The second-order valence-electron chi connectivity index (χ2n) is 3.72. The van der Waals surface area contributed by atoms with Gasteiger partial charge in [0.1, 0.15) is 11.6 Å². The molecule has 0 unspecified atom stereocenters. The van der Waals surface area contributed by atoms with Crippen LogP contribution in [-0.4, -0.2) is 34.6 Å². The van der Waals surface area contributed by atoms with Crippen LogP contribution < -0.4 is 5.73 Å². The highest BCUT2D eigenvalue weighted by atomic mass is 16.5. The summed E-state index contributed by atoms with van der Waals surface area (Å²) in [5.74, 6) is 1.12. The third-order valence-electron chi connectivity index (χ3n) is 2.64. The van der Waals surface area contributed by atoms with E-state index in [1.165, 1.54) is 7.11 Å². The summed E-state index contributed by atoms with van der Waals surface area (Å²) in [6.45, 7) is 2.84. The lowest BCUT2D eigenvalue weighted by molar-refractivity contribution is 0.118. The number of ether oxygens (including phenoxy) is 1. The molecule has 0 aromatic carbocycles. The molecule has 1 aromatic heterocycles. The Hall–Kier alpha value is -1.85. The van der Waals surface area contributed by atoms with E-state index in [1.807, 2.05) is 6.92 Å². The van der Waals surface area contributed by atoms with Crippen LogP contribution in [0.2, 0.25) is 0 Å². The lowest BCUT2D eigenvalue weighted by atomic mass is 10.1. The highest BCUT2D eigenvalue weighted by Crippen LogP contribution is 2.21. The van der Waals surface area contributed by atoms with Crippen LogP contribution in [0.3, 0.4) is 0 Å². The van der Waals surface area contributed by atoms with Crippen LogP contribution in [0.1, 0.15) is 17.1 Å². The lowest BCUT2D eigenvalue weighted by Crippen LogP contribution is -2.37. The second kappa shape index (κ2) is 3.96. The Balaban J connectivity index is 2.30. The average Bonchev–Trinajstić information content (AvgIpc) is 2.27. The number of amides is 1. The van der Waals surface area contributed by atoms with Crippen LogP contribution >= 0.6 is 0 Å². The van der Waals surface area contributed by atoms with Crippen molar-refractivity contribution in [3.05, 3.63) is 17.1 Å². The minimum Gasteiger partial charge on any atom is -0.453 e. The maximum absolute atomic E-state index is 11.4. The smallest absolute Gasteiger partial charge is 0.409 e. The molecule has 1 amide bonds. The highest BCUT2D eigenvalue weighted by Gasteiger charge is 2.24. The van der Waals surface area contributed by atoms with Crippen LogP contribution in [-0.2, 0) is 17.7 Å². The van der Waals surface area contributed by atoms with E-state index in [1.54, 1.807) is 4.90 Å². The van der Waals surface area contributed by atoms with Crippen LogP contribution in [0.15, 0.2) is 0 Å². The fraction of sp³-hybridized carbons (Fsp3) is 0.500. The Labute approximate surface area is 93.4 Å². The molecular formula is C10H14N4O2. The fourth-order valence-corrected chi connectivity index (χ4v) is 1.85. The van der Waals surface area contributed by atoms with Gasteiger partial charge in [-0.25, -0.2) is 14.8 Å². The van der Waals surface area contributed by atoms with E-state index in [4.69, 9.17) is 5.73 Å². The van der Waals surface area contributed by atoms with Gasteiger partial charge in [0.25, 0.3) is 0 Å². The van der Waals surface area contributed by atoms with E-state index in [9.17, 15) is 4.79 Å². The summed E-state index contributed by atoms with van der Waals surface area (Å²) in [6, 6.07) is 0. The van der Waals surface area contributed by atoms with Gasteiger partial charge in [-0.2, -0.15) is 0 Å². The number of hydrogen-bond donors (Lipinski definition) is 1. The monoisotopic (exact) mass is 222 g/mol. The number of fused-ring (bicyclic) bond motifs is 1. The number of anilines is 1. The van der Waals surface area contributed by atoms with E-state index in [-0.39, 0.29) is 6.09 Å². The van der Waals surface area contributed by atoms with E-state index >= 15 is 0 Å². The maximum Gasteiger partial charge on any atom is 0.409 e. The van der Waals surface area contributed by atoms with Crippen LogP contribution in [0, 0.1) is 6.92 Å². The Bertz CT molecular complexity index is 433. The number of rotatable bonds is 0. The van der Waals surface area contributed by atoms with Crippen molar-refractivity contribution in [3.63, 3.8) is 0 Å². The SMILES string of the molecule is COC(=O)N1CCc2nc(C)nc(N)c2C1. The zero-order valence-electron chi connectivity index (χ0n) is 9.36. The van der Waals surface area contributed by atoms with Crippen molar-refractivity contribution in [2.45, 2.75) is 19.9 Å². The molecule has 1 aliphatic rings. The number of methoxy groups -OCH3 is 1. The van der Waals surface area contributed by atoms with Gasteiger partial charge in [0.05, 0.1) is 19.3 Å². The van der Waals surface area contributed by atoms with E-state index in [0.29, 0.717) is 31.2 Å². The number of carbonyl (C=O) groups excluding carboxylic acids is 1. The molecule has 0 bridgehead atoms. The first-order valence-electron chi connectivity index (χ1n) is 5.06. The van der Waals surface area contributed by atoms with Crippen molar-refractivity contribution in [1.82, 2.24) is 14.9 Å². The first kappa shape index (κ1) is 10.7. The number of aromatic nitrogens is 2. The molecule has 6 nitrogen and oxygen atoms in total. The second-order valence-corrected chi connectivity index (χ2v) is 3.72. The van der Waals surface area contributed by atoms with Crippen LogP contribution in [0.5, 0.6) is 0 Å². The summed E-state index contributed by atoms with van der Waals surface area (Å²) in [6.07, 6.45) is 0.350. The first-order chi connectivity index (χ1) is 7.61. The maximum atomic E-state index is 11.4. The summed E-state index contributed by atoms with van der Waals surface area (Å²) >= 11 is 0. The summed E-state index contributed by atoms with van der Waals surface area (Å²) in [5, 5.41) is 0. The third kappa shape index (κ3) is 1.78. The summed E-state index contributed by atoms with van der Waals surface area (Å²) in [7, 11) is 1.37. The first-order valence-corrected chi connectivity index (χ1v) is 5.06. The zero-order chi connectivity index (χ0) is 11.7. The molecule has 6 heteroatoms. The van der Waals surface area contributed by atoms with Gasteiger partial charge in [-0.15, -0.1) is 0 Å². The Kier molecular flexibility index (Phi) is 2.64. The number of nitrogen functional groups attached to an aromatic ring is 1. The molecule has 0 radical (unpaired) electrons. The minimum atomic E-state index is -0.342. The third-order valence-corrected chi connectivity index (χ3v) is 2.64. The molecule has 0 aliphatic carbocycles. The molecule has 2 N–H and O–H groups in total. The molecule has 0 fully saturated rings. The predicted octanol–water partition coefficient (Wildman–Crippen LogP) is 0.492. The molecular weight excluding hydrogens is 208 g/mol. The average molecular weight is 222 g/mol. The van der Waals surface area contributed by atoms with Gasteiger partial charge >= 0.3 is 6.09 Å². The molecule has 2 rings (SSSR count). The van der Waals surface area contributed by atoms with Crippen molar-refractivity contribution in [3.8, 4) is 0 Å². The lowest BCUT2D eigenvalue weighted by Gasteiger charge is -2.27. The van der Waals surface area contributed by atoms with Crippen molar-refractivity contribution < 1.29 is 9.53 Å². The molecule has 0 saturated heterocycles. The van der Waals surface area contributed by atoms with Gasteiger partial charge in [0.15, 0.2) is 0 Å². The van der Waals surface area contributed by atoms with Gasteiger partial charge in [-0.05, 0) is 6.92 Å². The highest BCUT2D eigenvalue weighted by molar-refractivity contribution is 5.68. The molecule has 86 valence electrons. The quantitative estimate of drug-likeness (QED) is 0.691. The Morgan fingerprint density at radius 2 is 2.25 bits per heavy atom. The Morgan fingerprint density at radius 3 is 2.94 bits per heavy atom. The number of nitrogens with zero attached hydrogens (tertiary/aromatic N) is 3. The topological polar surface area (TPSA) is 81.3 Å². The van der Waals surface area contributed by atoms with E-state index < -0.39 is 0 Å². The normalized spacial score (nSPS) is 14.5. The molecule has 0 spiro atoms. The fourth-order valence-electron chi connectivity index (χ4n) is 1.85. The number of hydrogen-bond acceptors (Lipinski definition) is 5. The summed E-state index contributed by atoms with van der Waals surface area (Å²) in [5.41, 5.74) is 7.59. The molecule has 0 atom stereocenters. The summed E-state index contributed by atoms with van der Waals surface area (Å²) < 4.78 is 4.67. The molecule has 2 heterocycles. The molecule has 1 aliphatic heterocycles. The standard InChI is InChI=1S/C10H14N4O2/c1-6-12-8-3-4-14(10(15)16-2)5-7(8)9(11)13-6/h3-5H2,1-2H3,(H2,11,12,13). The van der Waals surface area contributed by atoms with Crippen molar-refractivity contribution in [2.24, 2.45) is 0 Å². The summed E-state index contributed by atoms with van der Waals surface area (Å²) in [4.78, 5) is 21.4. The van der Waals surface area contributed by atoms with E-state index in [2.05, 4.69) is 14.7 Å². The van der Waals surface area contributed by atoms with Crippen LogP contribution in [0.25, 0.3) is 0 Å². The number of aryl methyl sites for hydroxylation is 1. The largest absolute Gasteiger partial charge is 0.453 e. The Morgan fingerprint density at radius 1 is 1.50 bits per heavy atom. The van der Waals surface area contributed by atoms with Crippen molar-refractivity contribution >= 4 is 11.9 Å². The minimum absolute atomic E-state index is 0.342. The van der Waals surface area contributed by atoms with E-state index in [0.717, 1.165) is 11.3 Å².